The van der Waals surface area contributed by atoms with Crippen molar-refractivity contribution in [2.45, 2.75) is 56.4 Å². The van der Waals surface area contributed by atoms with Crippen LogP contribution >= 0.6 is 0 Å². The second kappa shape index (κ2) is 5.86. The topological polar surface area (TPSA) is 64.6 Å². The first kappa shape index (κ1) is 16.9. The van der Waals surface area contributed by atoms with E-state index in [4.69, 9.17) is 9.47 Å². The molecule has 0 radical (unpaired) electrons. The molecule has 1 aromatic rings. The van der Waals surface area contributed by atoms with Gasteiger partial charge in [-0.05, 0) is 80.8 Å². The summed E-state index contributed by atoms with van der Waals surface area (Å²) in [4.78, 5) is 0.262. The van der Waals surface area contributed by atoms with Gasteiger partial charge in [0, 0.05) is 12.1 Å². The van der Waals surface area contributed by atoms with Gasteiger partial charge in [0.1, 0.15) is 13.2 Å². The lowest BCUT2D eigenvalue weighted by molar-refractivity contribution is -0.0666. The van der Waals surface area contributed by atoms with Gasteiger partial charge >= 0.3 is 0 Å². The average molecular weight is 378 g/mol. The fourth-order valence-corrected chi connectivity index (χ4v) is 7.69. The smallest absolute Gasteiger partial charge is 0.240 e. The van der Waals surface area contributed by atoms with E-state index in [1.165, 1.54) is 38.5 Å². The van der Waals surface area contributed by atoms with Crippen LogP contribution in [0.15, 0.2) is 23.1 Å². The molecule has 1 atom stereocenters. The summed E-state index contributed by atoms with van der Waals surface area (Å²) in [7, 11) is -3.57. The molecule has 4 bridgehead atoms. The van der Waals surface area contributed by atoms with E-state index in [9.17, 15) is 8.42 Å². The number of benzene rings is 1. The predicted octanol–water partition coefficient (Wildman–Crippen LogP) is 3.34. The number of ether oxygens (including phenoxy) is 2. The molecule has 6 heteroatoms. The Hall–Kier alpha value is -1.27. The predicted molar refractivity (Wildman–Crippen MR) is 97.8 cm³/mol. The maximum absolute atomic E-state index is 13.0. The van der Waals surface area contributed by atoms with Gasteiger partial charge in [0.15, 0.2) is 11.5 Å². The Kier molecular flexibility index (Phi) is 3.80. The Morgan fingerprint density at radius 1 is 1.00 bits per heavy atom. The van der Waals surface area contributed by atoms with Crippen LogP contribution in [0.25, 0.3) is 0 Å². The molecular weight excluding hydrogens is 350 g/mol. The minimum atomic E-state index is -3.57. The van der Waals surface area contributed by atoms with E-state index < -0.39 is 10.0 Å². The third-order valence-corrected chi connectivity index (χ3v) is 8.70. The summed E-state index contributed by atoms with van der Waals surface area (Å²) < 4.78 is 40.1. The third kappa shape index (κ3) is 2.73. The zero-order valence-corrected chi connectivity index (χ0v) is 16.1. The highest BCUT2D eigenvalue weighted by Gasteiger charge is 2.53. The second-order valence-electron chi connectivity index (χ2n) is 8.93. The SMILES string of the molecule is C[C@@H](NS(=O)(=O)c1ccc2c(c1)OCCO2)C12CC3CC(CC(C3)C1)C2. The Morgan fingerprint density at radius 2 is 1.58 bits per heavy atom. The van der Waals surface area contributed by atoms with Crippen molar-refractivity contribution in [3.05, 3.63) is 18.2 Å². The summed E-state index contributed by atoms with van der Waals surface area (Å²) in [6.07, 6.45) is 7.64. The van der Waals surface area contributed by atoms with Gasteiger partial charge in [-0.25, -0.2) is 13.1 Å². The van der Waals surface area contributed by atoms with E-state index in [2.05, 4.69) is 11.6 Å². The van der Waals surface area contributed by atoms with Crippen molar-refractivity contribution in [2.24, 2.45) is 23.2 Å². The first-order chi connectivity index (χ1) is 12.4. The van der Waals surface area contributed by atoms with Gasteiger partial charge in [-0.15, -0.1) is 0 Å². The molecular formula is C20H27NO4S. The van der Waals surface area contributed by atoms with E-state index in [1.54, 1.807) is 18.2 Å². The monoisotopic (exact) mass is 377 g/mol. The molecule has 4 fully saturated rings. The van der Waals surface area contributed by atoms with Crippen molar-refractivity contribution < 1.29 is 17.9 Å². The summed E-state index contributed by atoms with van der Waals surface area (Å²) in [5.41, 5.74) is 0.148. The minimum Gasteiger partial charge on any atom is -0.486 e. The first-order valence-corrected chi connectivity index (χ1v) is 11.3. The summed E-state index contributed by atoms with van der Waals surface area (Å²) in [5.74, 6) is 3.55. The van der Waals surface area contributed by atoms with Crippen molar-refractivity contribution in [3.8, 4) is 11.5 Å². The molecule has 1 heterocycles. The van der Waals surface area contributed by atoms with E-state index in [1.807, 2.05) is 0 Å². The van der Waals surface area contributed by atoms with Crippen LogP contribution in [0, 0.1) is 23.2 Å². The van der Waals surface area contributed by atoms with Gasteiger partial charge in [-0.2, -0.15) is 0 Å². The van der Waals surface area contributed by atoms with Crippen LogP contribution in [-0.2, 0) is 10.0 Å². The zero-order valence-electron chi connectivity index (χ0n) is 15.2. The van der Waals surface area contributed by atoms with E-state index >= 15 is 0 Å². The number of fused-ring (bicyclic) bond motifs is 1. The standard InChI is InChI=1S/C20H27NO4S/c1-13(20-10-14-6-15(11-20)8-16(7-14)12-20)21-26(22,23)17-2-3-18-19(9-17)25-5-4-24-18/h2-3,9,13-16,21H,4-8,10-12H2,1H3/t13-,14?,15?,16?,20?/m1/s1. The molecule has 4 aliphatic carbocycles. The summed E-state index contributed by atoms with van der Waals surface area (Å²) in [6, 6.07) is 4.86. The van der Waals surface area contributed by atoms with E-state index in [0.29, 0.717) is 24.7 Å². The van der Waals surface area contributed by atoms with Crippen LogP contribution in [0.5, 0.6) is 11.5 Å². The van der Waals surface area contributed by atoms with Crippen LogP contribution in [0.4, 0.5) is 0 Å². The molecule has 1 N–H and O–H groups in total. The van der Waals surface area contributed by atoms with Crippen LogP contribution in [0.1, 0.15) is 45.4 Å². The Morgan fingerprint density at radius 3 is 2.19 bits per heavy atom. The van der Waals surface area contributed by atoms with Gasteiger partial charge in [0.25, 0.3) is 0 Å². The second-order valence-corrected chi connectivity index (χ2v) is 10.6. The molecule has 0 amide bonds. The number of nitrogens with one attached hydrogen (secondary N) is 1. The lowest BCUT2D eigenvalue weighted by atomic mass is 9.48. The molecule has 0 aromatic heterocycles. The highest BCUT2D eigenvalue weighted by atomic mass is 32.2. The molecule has 0 unspecified atom stereocenters. The maximum atomic E-state index is 13.0. The molecule has 0 spiro atoms. The summed E-state index contributed by atoms with van der Waals surface area (Å²) in [5, 5.41) is 0. The van der Waals surface area contributed by atoms with Gasteiger partial charge in [-0.3, -0.25) is 0 Å². The molecule has 1 aliphatic heterocycles. The van der Waals surface area contributed by atoms with Crippen LogP contribution in [0.2, 0.25) is 0 Å². The largest absolute Gasteiger partial charge is 0.486 e. The highest BCUT2D eigenvalue weighted by molar-refractivity contribution is 7.89. The van der Waals surface area contributed by atoms with Gasteiger partial charge in [-0.1, -0.05) is 0 Å². The molecule has 142 valence electrons. The highest BCUT2D eigenvalue weighted by Crippen LogP contribution is 2.61. The average Bonchev–Trinajstić information content (AvgIpc) is 2.60. The lowest BCUT2D eigenvalue weighted by Gasteiger charge is -2.59. The lowest BCUT2D eigenvalue weighted by Crippen LogP contribution is -2.55. The Labute approximate surface area is 155 Å². The number of rotatable bonds is 4. The number of sulfonamides is 1. The van der Waals surface area contributed by atoms with Crippen molar-refractivity contribution in [1.82, 2.24) is 4.72 Å². The maximum Gasteiger partial charge on any atom is 0.240 e. The van der Waals surface area contributed by atoms with Crippen molar-refractivity contribution in [2.75, 3.05) is 13.2 Å². The fraction of sp³-hybridized carbons (Fsp3) is 0.700. The van der Waals surface area contributed by atoms with Crippen molar-refractivity contribution in [1.29, 1.82) is 0 Å². The van der Waals surface area contributed by atoms with E-state index in [0.717, 1.165) is 17.8 Å². The molecule has 26 heavy (non-hydrogen) atoms. The summed E-state index contributed by atoms with van der Waals surface area (Å²) >= 11 is 0. The molecule has 6 rings (SSSR count). The fourth-order valence-electron chi connectivity index (χ4n) is 6.32. The molecule has 1 aromatic carbocycles. The van der Waals surface area contributed by atoms with Crippen molar-refractivity contribution >= 4 is 10.0 Å². The number of hydrogen-bond acceptors (Lipinski definition) is 4. The summed E-state index contributed by atoms with van der Waals surface area (Å²) in [6.45, 7) is 3.02. The molecule has 5 aliphatic rings. The Balaban J connectivity index is 1.38. The van der Waals surface area contributed by atoms with Crippen LogP contribution in [-0.4, -0.2) is 27.7 Å². The Bertz CT molecular complexity index is 784. The van der Waals surface area contributed by atoms with Crippen LogP contribution < -0.4 is 14.2 Å². The quantitative estimate of drug-likeness (QED) is 0.874. The minimum absolute atomic E-state index is 0.0332. The van der Waals surface area contributed by atoms with Crippen LogP contribution in [0.3, 0.4) is 0 Å². The van der Waals surface area contributed by atoms with Gasteiger partial charge in [0.2, 0.25) is 10.0 Å². The van der Waals surface area contributed by atoms with Gasteiger partial charge < -0.3 is 9.47 Å². The molecule has 5 nitrogen and oxygen atoms in total. The van der Waals surface area contributed by atoms with E-state index in [-0.39, 0.29) is 16.4 Å². The molecule has 0 saturated heterocycles. The number of hydrogen-bond donors (Lipinski definition) is 1. The normalized spacial score (nSPS) is 36.1. The zero-order chi connectivity index (χ0) is 17.9. The third-order valence-electron chi connectivity index (χ3n) is 7.16. The van der Waals surface area contributed by atoms with Crippen molar-refractivity contribution in [3.63, 3.8) is 0 Å². The molecule has 4 saturated carbocycles. The first-order valence-electron chi connectivity index (χ1n) is 9.85. The van der Waals surface area contributed by atoms with Gasteiger partial charge in [0.05, 0.1) is 4.90 Å².